The van der Waals surface area contributed by atoms with Crippen LogP contribution in [0.2, 0.25) is 0 Å². The Balaban J connectivity index is 3.37. The molecule has 0 saturated heterocycles. The minimum atomic E-state index is -1.92. The van der Waals surface area contributed by atoms with E-state index in [2.05, 4.69) is 15.9 Å². The molecule has 0 heterocycles. The number of aliphatic hydroxyl groups is 1. The first-order valence-corrected chi connectivity index (χ1v) is 4.58. The molecule has 1 unspecified atom stereocenters. The molecule has 0 spiro atoms. The van der Waals surface area contributed by atoms with Crippen molar-refractivity contribution in [2.75, 3.05) is 0 Å². The second-order valence-corrected chi connectivity index (χ2v) is 3.52. The Kier molecular flexibility index (Phi) is 3.38. The zero-order valence-electron chi connectivity index (χ0n) is 7.25. The van der Waals surface area contributed by atoms with Crippen molar-refractivity contribution in [2.45, 2.75) is 6.10 Å². The minimum Gasteiger partial charge on any atom is -0.479 e. The monoisotopic (exact) mass is 275 g/mol. The topological polar surface area (TPSA) is 101 Å². The van der Waals surface area contributed by atoms with E-state index in [1.165, 1.54) is 12.1 Å². The van der Waals surface area contributed by atoms with Crippen LogP contribution < -0.4 is 0 Å². The molecular formula is C8H6BrNO5. The molecule has 1 rings (SSSR count). The molecule has 0 saturated carbocycles. The number of nitro groups is 1. The van der Waals surface area contributed by atoms with Gasteiger partial charge in [-0.1, -0.05) is 22.0 Å². The number of aliphatic hydroxyl groups excluding tert-OH is 1. The Bertz CT molecular complexity index is 419. The van der Waals surface area contributed by atoms with Gasteiger partial charge in [-0.25, -0.2) is 4.79 Å². The summed E-state index contributed by atoms with van der Waals surface area (Å²) in [6.45, 7) is 0. The Morgan fingerprint density at radius 3 is 2.60 bits per heavy atom. The average molecular weight is 276 g/mol. The van der Waals surface area contributed by atoms with Crippen LogP contribution in [0.25, 0.3) is 0 Å². The number of benzene rings is 1. The van der Waals surface area contributed by atoms with Crippen LogP contribution in [0.1, 0.15) is 11.7 Å². The molecule has 15 heavy (non-hydrogen) atoms. The lowest BCUT2D eigenvalue weighted by Crippen LogP contribution is -2.13. The summed E-state index contributed by atoms with van der Waals surface area (Å²) in [6, 6.07) is 3.95. The number of aliphatic carboxylic acids is 1. The standard InChI is InChI=1S/C8H6BrNO5/c9-4-2-1-3-5(10(14)15)6(4)7(11)8(12)13/h1-3,7,11H,(H,12,13). The molecule has 1 aromatic carbocycles. The Hall–Kier alpha value is -1.47. The van der Waals surface area contributed by atoms with Crippen LogP contribution in [-0.4, -0.2) is 21.1 Å². The largest absolute Gasteiger partial charge is 0.479 e. The van der Waals surface area contributed by atoms with Gasteiger partial charge >= 0.3 is 5.97 Å². The van der Waals surface area contributed by atoms with Crippen molar-refractivity contribution in [1.82, 2.24) is 0 Å². The van der Waals surface area contributed by atoms with Gasteiger partial charge in [0.05, 0.1) is 10.5 Å². The van der Waals surface area contributed by atoms with Crippen molar-refractivity contribution in [3.63, 3.8) is 0 Å². The van der Waals surface area contributed by atoms with E-state index in [0.717, 1.165) is 6.07 Å². The van der Waals surface area contributed by atoms with Gasteiger partial charge in [0.25, 0.3) is 5.69 Å². The first-order chi connectivity index (χ1) is 6.95. The molecule has 0 fully saturated rings. The van der Waals surface area contributed by atoms with Crippen LogP contribution in [0.4, 0.5) is 5.69 Å². The summed E-state index contributed by atoms with van der Waals surface area (Å²) in [7, 11) is 0. The van der Waals surface area contributed by atoms with Crippen molar-refractivity contribution >= 4 is 27.6 Å². The summed E-state index contributed by atoms with van der Waals surface area (Å²) < 4.78 is 0.187. The predicted octanol–water partition coefficient (Wildman–Crippen LogP) is 1.48. The van der Waals surface area contributed by atoms with Gasteiger partial charge in [0, 0.05) is 10.5 Å². The highest BCUT2D eigenvalue weighted by atomic mass is 79.9. The third kappa shape index (κ3) is 2.31. The lowest BCUT2D eigenvalue weighted by Gasteiger charge is -2.08. The fourth-order valence-electron chi connectivity index (χ4n) is 1.08. The molecule has 6 nitrogen and oxygen atoms in total. The number of rotatable bonds is 3. The zero-order chi connectivity index (χ0) is 11.6. The molecular weight excluding hydrogens is 270 g/mol. The number of nitro benzene ring substituents is 1. The summed E-state index contributed by atoms with van der Waals surface area (Å²) in [6.07, 6.45) is -1.92. The summed E-state index contributed by atoms with van der Waals surface area (Å²) in [5.74, 6) is -1.54. The predicted molar refractivity (Wildman–Crippen MR) is 53.4 cm³/mol. The first kappa shape index (κ1) is 11.6. The van der Waals surface area contributed by atoms with Crippen LogP contribution in [0.5, 0.6) is 0 Å². The van der Waals surface area contributed by atoms with E-state index >= 15 is 0 Å². The third-order valence-electron chi connectivity index (χ3n) is 1.73. The van der Waals surface area contributed by atoms with Gasteiger partial charge in [0.15, 0.2) is 6.10 Å². The first-order valence-electron chi connectivity index (χ1n) is 3.79. The van der Waals surface area contributed by atoms with Crippen molar-refractivity contribution in [1.29, 1.82) is 0 Å². The SMILES string of the molecule is O=C(O)C(O)c1c(Br)cccc1[N+](=O)[O-]. The maximum atomic E-state index is 10.6. The molecule has 0 radical (unpaired) electrons. The Morgan fingerprint density at radius 2 is 2.13 bits per heavy atom. The molecule has 0 aliphatic heterocycles. The molecule has 1 atom stereocenters. The lowest BCUT2D eigenvalue weighted by molar-refractivity contribution is -0.386. The number of nitrogens with zero attached hydrogens (tertiary/aromatic N) is 1. The fraction of sp³-hybridized carbons (Fsp3) is 0.125. The molecule has 1 aromatic rings. The normalized spacial score (nSPS) is 12.1. The summed E-state index contributed by atoms with van der Waals surface area (Å²) in [4.78, 5) is 20.4. The highest BCUT2D eigenvalue weighted by molar-refractivity contribution is 9.10. The number of halogens is 1. The highest BCUT2D eigenvalue weighted by Gasteiger charge is 2.27. The van der Waals surface area contributed by atoms with Crippen LogP contribution in [-0.2, 0) is 4.79 Å². The number of carboxylic acid groups (broad SMARTS) is 1. The van der Waals surface area contributed by atoms with Crippen molar-refractivity contribution in [3.05, 3.63) is 38.3 Å². The highest BCUT2D eigenvalue weighted by Crippen LogP contribution is 2.32. The number of hydrogen-bond acceptors (Lipinski definition) is 4. The van der Waals surface area contributed by atoms with E-state index in [9.17, 15) is 20.0 Å². The second kappa shape index (κ2) is 4.37. The van der Waals surface area contributed by atoms with Crippen LogP contribution in [0, 0.1) is 10.1 Å². The maximum Gasteiger partial charge on any atom is 0.337 e. The Morgan fingerprint density at radius 1 is 1.53 bits per heavy atom. The van der Waals surface area contributed by atoms with Gasteiger partial charge in [-0.05, 0) is 6.07 Å². The number of carboxylic acids is 1. The molecule has 0 aliphatic rings. The van der Waals surface area contributed by atoms with Crippen molar-refractivity contribution in [2.24, 2.45) is 0 Å². The van der Waals surface area contributed by atoms with E-state index in [0.29, 0.717) is 0 Å². The van der Waals surface area contributed by atoms with E-state index in [1.54, 1.807) is 0 Å². The third-order valence-corrected chi connectivity index (χ3v) is 2.43. The summed E-state index contributed by atoms with van der Waals surface area (Å²) in [5.41, 5.74) is -0.686. The van der Waals surface area contributed by atoms with Gasteiger partial charge in [0.2, 0.25) is 0 Å². The van der Waals surface area contributed by atoms with E-state index in [4.69, 9.17) is 5.11 Å². The molecule has 7 heteroatoms. The van der Waals surface area contributed by atoms with Gasteiger partial charge in [-0.2, -0.15) is 0 Å². The molecule has 0 amide bonds. The molecule has 2 N–H and O–H groups in total. The molecule has 0 aliphatic carbocycles. The Labute approximate surface area is 92.4 Å². The van der Waals surface area contributed by atoms with Crippen LogP contribution in [0.3, 0.4) is 0 Å². The molecule has 0 bridgehead atoms. The zero-order valence-corrected chi connectivity index (χ0v) is 8.84. The van der Waals surface area contributed by atoms with Gasteiger partial charge in [-0.15, -0.1) is 0 Å². The maximum absolute atomic E-state index is 10.6. The quantitative estimate of drug-likeness (QED) is 0.643. The van der Waals surface area contributed by atoms with Crippen LogP contribution >= 0.6 is 15.9 Å². The van der Waals surface area contributed by atoms with E-state index < -0.39 is 22.7 Å². The average Bonchev–Trinajstić information content (AvgIpc) is 2.16. The fourth-order valence-corrected chi connectivity index (χ4v) is 1.65. The summed E-state index contributed by atoms with van der Waals surface area (Å²) >= 11 is 2.96. The van der Waals surface area contributed by atoms with Crippen LogP contribution in [0.15, 0.2) is 22.7 Å². The van der Waals surface area contributed by atoms with Crippen molar-refractivity contribution in [3.8, 4) is 0 Å². The summed E-state index contributed by atoms with van der Waals surface area (Å²) in [5, 5.41) is 28.4. The van der Waals surface area contributed by atoms with E-state index in [1.807, 2.05) is 0 Å². The lowest BCUT2D eigenvalue weighted by atomic mass is 10.1. The number of carbonyl (C=O) groups is 1. The van der Waals surface area contributed by atoms with E-state index in [-0.39, 0.29) is 10.0 Å². The minimum absolute atomic E-state index is 0.187. The second-order valence-electron chi connectivity index (χ2n) is 2.67. The van der Waals surface area contributed by atoms with Crippen molar-refractivity contribution < 1.29 is 19.9 Å². The number of hydrogen-bond donors (Lipinski definition) is 2. The van der Waals surface area contributed by atoms with Gasteiger partial charge in [0.1, 0.15) is 0 Å². The van der Waals surface area contributed by atoms with Gasteiger partial charge in [-0.3, -0.25) is 10.1 Å². The molecule has 0 aromatic heterocycles. The smallest absolute Gasteiger partial charge is 0.337 e. The van der Waals surface area contributed by atoms with Gasteiger partial charge < -0.3 is 10.2 Å². The molecule has 80 valence electrons.